The van der Waals surface area contributed by atoms with Gasteiger partial charge in [-0.2, -0.15) is 0 Å². The molecule has 13 heavy (non-hydrogen) atoms. The normalized spacial score (nSPS) is 10.2. The summed E-state index contributed by atoms with van der Waals surface area (Å²) in [6.07, 6.45) is 1.71. The van der Waals surface area contributed by atoms with Crippen LogP contribution < -0.4 is 5.32 Å². The Morgan fingerprint density at radius 1 is 1.46 bits per heavy atom. The van der Waals surface area contributed by atoms with E-state index in [2.05, 4.69) is 35.9 Å². The predicted octanol–water partition coefficient (Wildman–Crippen LogP) is 2.28. The Balaban J connectivity index is 3.17. The highest BCUT2D eigenvalue weighted by Crippen LogP contribution is 2.21. The summed E-state index contributed by atoms with van der Waals surface area (Å²) in [5.41, 5.74) is 2.00. The van der Waals surface area contributed by atoms with Crippen LogP contribution in [-0.2, 0) is 0 Å². The average molecular weight is 177 g/mol. The SMILES string of the molecule is C=Cc1cc(C(C)C)c(NC)nn1. The van der Waals surface area contributed by atoms with Gasteiger partial charge < -0.3 is 5.32 Å². The Hall–Kier alpha value is -1.38. The number of anilines is 1. The highest BCUT2D eigenvalue weighted by atomic mass is 15.2. The van der Waals surface area contributed by atoms with Crippen molar-refractivity contribution in [1.82, 2.24) is 10.2 Å². The predicted molar refractivity (Wildman–Crippen MR) is 55.8 cm³/mol. The van der Waals surface area contributed by atoms with Crippen molar-refractivity contribution in [1.29, 1.82) is 0 Å². The molecule has 3 nitrogen and oxygen atoms in total. The Bertz CT molecular complexity index is 305. The van der Waals surface area contributed by atoms with Crippen LogP contribution in [0.3, 0.4) is 0 Å². The summed E-state index contributed by atoms with van der Waals surface area (Å²) in [7, 11) is 1.85. The molecule has 0 saturated carbocycles. The smallest absolute Gasteiger partial charge is 0.151 e. The summed E-state index contributed by atoms with van der Waals surface area (Å²) >= 11 is 0. The molecule has 1 N–H and O–H groups in total. The molecule has 0 fully saturated rings. The third-order valence-electron chi connectivity index (χ3n) is 1.91. The molecule has 0 radical (unpaired) electrons. The molecule has 0 amide bonds. The number of nitrogens with one attached hydrogen (secondary N) is 1. The van der Waals surface area contributed by atoms with Gasteiger partial charge in [-0.05, 0) is 18.1 Å². The maximum absolute atomic E-state index is 4.06. The van der Waals surface area contributed by atoms with Crippen molar-refractivity contribution in [2.24, 2.45) is 0 Å². The molecule has 3 heteroatoms. The lowest BCUT2D eigenvalue weighted by Gasteiger charge is -2.10. The molecule has 0 bridgehead atoms. The Morgan fingerprint density at radius 2 is 2.15 bits per heavy atom. The van der Waals surface area contributed by atoms with Crippen LogP contribution in [0.25, 0.3) is 6.08 Å². The maximum atomic E-state index is 4.06. The summed E-state index contributed by atoms with van der Waals surface area (Å²) in [5.74, 6) is 1.29. The first-order valence-corrected chi connectivity index (χ1v) is 4.36. The van der Waals surface area contributed by atoms with Crippen LogP contribution in [-0.4, -0.2) is 17.2 Å². The van der Waals surface area contributed by atoms with Crippen LogP contribution in [0, 0.1) is 0 Å². The van der Waals surface area contributed by atoms with E-state index < -0.39 is 0 Å². The first kappa shape index (κ1) is 9.71. The molecule has 1 aromatic rings. The number of rotatable bonds is 3. The molecule has 0 saturated heterocycles. The highest BCUT2D eigenvalue weighted by molar-refractivity contribution is 5.50. The lowest BCUT2D eigenvalue weighted by molar-refractivity contribution is 0.842. The largest absolute Gasteiger partial charge is 0.371 e. The lowest BCUT2D eigenvalue weighted by atomic mass is 10.0. The second-order valence-corrected chi connectivity index (χ2v) is 3.18. The fraction of sp³-hybridized carbons (Fsp3) is 0.400. The Morgan fingerprint density at radius 3 is 2.62 bits per heavy atom. The zero-order valence-electron chi connectivity index (χ0n) is 8.33. The van der Waals surface area contributed by atoms with Gasteiger partial charge in [-0.3, -0.25) is 0 Å². The minimum absolute atomic E-state index is 0.441. The van der Waals surface area contributed by atoms with E-state index in [1.807, 2.05) is 13.1 Å². The van der Waals surface area contributed by atoms with Gasteiger partial charge >= 0.3 is 0 Å². The van der Waals surface area contributed by atoms with E-state index in [0.29, 0.717) is 5.92 Å². The van der Waals surface area contributed by atoms with Crippen molar-refractivity contribution >= 4 is 11.9 Å². The summed E-state index contributed by atoms with van der Waals surface area (Å²) in [6, 6.07) is 2.01. The molecule has 1 heterocycles. The zero-order valence-corrected chi connectivity index (χ0v) is 8.33. The Labute approximate surface area is 78.9 Å². The van der Waals surface area contributed by atoms with E-state index in [4.69, 9.17) is 0 Å². The molecule has 0 aromatic carbocycles. The topological polar surface area (TPSA) is 37.8 Å². The van der Waals surface area contributed by atoms with E-state index in [1.165, 1.54) is 5.56 Å². The molecule has 0 atom stereocenters. The highest BCUT2D eigenvalue weighted by Gasteiger charge is 2.07. The summed E-state index contributed by atoms with van der Waals surface area (Å²) in [4.78, 5) is 0. The first-order valence-electron chi connectivity index (χ1n) is 4.36. The molecule has 0 aliphatic carbocycles. The molecule has 0 spiro atoms. The number of hydrogen-bond donors (Lipinski definition) is 1. The number of nitrogens with zero attached hydrogens (tertiary/aromatic N) is 2. The van der Waals surface area contributed by atoms with Gasteiger partial charge in [0.15, 0.2) is 5.82 Å². The van der Waals surface area contributed by atoms with Gasteiger partial charge in [0.25, 0.3) is 0 Å². The van der Waals surface area contributed by atoms with Gasteiger partial charge in [-0.15, -0.1) is 10.2 Å². The van der Waals surface area contributed by atoms with Crippen LogP contribution in [0.5, 0.6) is 0 Å². The summed E-state index contributed by atoms with van der Waals surface area (Å²) < 4.78 is 0. The third kappa shape index (κ3) is 2.05. The molecular weight excluding hydrogens is 162 g/mol. The molecule has 0 aliphatic rings. The van der Waals surface area contributed by atoms with E-state index >= 15 is 0 Å². The summed E-state index contributed by atoms with van der Waals surface area (Å²) in [5, 5.41) is 11.1. The quantitative estimate of drug-likeness (QED) is 0.769. The van der Waals surface area contributed by atoms with Crippen LogP contribution in [0.2, 0.25) is 0 Å². The fourth-order valence-electron chi connectivity index (χ4n) is 1.16. The minimum atomic E-state index is 0.441. The Kier molecular flexibility index (Phi) is 3.01. The molecular formula is C10H15N3. The minimum Gasteiger partial charge on any atom is -0.371 e. The lowest BCUT2D eigenvalue weighted by Crippen LogP contribution is -2.03. The first-order chi connectivity index (χ1) is 6.19. The van der Waals surface area contributed by atoms with Crippen LogP contribution >= 0.6 is 0 Å². The van der Waals surface area contributed by atoms with Crippen molar-refractivity contribution in [3.63, 3.8) is 0 Å². The zero-order chi connectivity index (χ0) is 9.84. The molecule has 0 aliphatic heterocycles. The van der Waals surface area contributed by atoms with Gasteiger partial charge in [0.2, 0.25) is 0 Å². The van der Waals surface area contributed by atoms with Gasteiger partial charge in [-0.25, -0.2) is 0 Å². The van der Waals surface area contributed by atoms with Crippen molar-refractivity contribution in [2.45, 2.75) is 19.8 Å². The molecule has 1 aromatic heterocycles. The molecule has 70 valence electrons. The van der Waals surface area contributed by atoms with E-state index in [9.17, 15) is 0 Å². The van der Waals surface area contributed by atoms with Crippen molar-refractivity contribution in [2.75, 3.05) is 12.4 Å². The monoisotopic (exact) mass is 177 g/mol. The van der Waals surface area contributed by atoms with Gasteiger partial charge in [0.05, 0.1) is 5.69 Å². The van der Waals surface area contributed by atoms with Crippen LogP contribution in [0.15, 0.2) is 12.6 Å². The summed E-state index contributed by atoms with van der Waals surface area (Å²) in [6.45, 7) is 7.92. The van der Waals surface area contributed by atoms with Crippen molar-refractivity contribution < 1.29 is 0 Å². The van der Waals surface area contributed by atoms with Crippen molar-refractivity contribution in [3.05, 3.63) is 23.9 Å². The van der Waals surface area contributed by atoms with E-state index in [-0.39, 0.29) is 0 Å². The van der Waals surface area contributed by atoms with Gasteiger partial charge in [0, 0.05) is 12.6 Å². The molecule has 0 unspecified atom stereocenters. The number of hydrogen-bond acceptors (Lipinski definition) is 3. The maximum Gasteiger partial charge on any atom is 0.151 e. The standard InChI is InChI=1S/C10H15N3/c1-5-8-6-9(7(2)3)10(11-4)13-12-8/h5-7H,1H2,2-4H3,(H,11,13). The average Bonchev–Trinajstić information content (AvgIpc) is 2.16. The van der Waals surface area contributed by atoms with Crippen LogP contribution in [0.4, 0.5) is 5.82 Å². The van der Waals surface area contributed by atoms with Gasteiger partial charge in [-0.1, -0.05) is 20.4 Å². The fourth-order valence-corrected chi connectivity index (χ4v) is 1.16. The molecule has 1 rings (SSSR count). The van der Waals surface area contributed by atoms with E-state index in [0.717, 1.165) is 11.5 Å². The van der Waals surface area contributed by atoms with E-state index in [1.54, 1.807) is 6.08 Å². The second kappa shape index (κ2) is 4.03. The van der Waals surface area contributed by atoms with Crippen LogP contribution in [0.1, 0.15) is 31.0 Å². The number of aromatic nitrogens is 2. The second-order valence-electron chi connectivity index (χ2n) is 3.18. The third-order valence-corrected chi connectivity index (χ3v) is 1.91. The van der Waals surface area contributed by atoms with Gasteiger partial charge in [0.1, 0.15) is 0 Å². The van der Waals surface area contributed by atoms with Crippen molar-refractivity contribution in [3.8, 4) is 0 Å².